The van der Waals surface area contributed by atoms with Crippen molar-refractivity contribution in [3.63, 3.8) is 0 Å². The number of nitrogens with one attached hydrogen (secondary N) is 1. The molecule has 0 unspecified atom stereocenters. The summed E-state index contributed by atoms with van der Waals surface area (Å²) in [5.74, 6) is -0.0683. The predicted octanol–water partition coefficient (Wildman–Crippen LogP) is 2.93. The first kappa shape index (κ1) is 11.8. The Bertz CT molecular complexity index is 607. The van der Waals surface area contributed by atoms with Gasteiger partial charge in [-0.25, -0.2) is 0 Å². The van der Waals surface area contributed by atoms with Gasteiger partial charge in [0.2, 0.25) is 0 Å². The number of likely N-dealkylation sites (N-methyl/N-ethyl adjacent to an activating group) is 1. The fourth-order valence-corrected chi connectivity index (χ4v) is 2.41. The number of amides is 1. The molecular weight excluding hydrogens is 236 g/mol. The second-order valence-electron chi connectivity index (χ2n) is 4.84. The minimum atomic E-state index is -0.0683. The Kier molecular flexibility index (Phi) is 2.95. The predicted molar refractivity (Wildman–Crippen MR) is 77.8 cm³/mol. The summed E-state index contributed by atoms with van der Waals surface area (Å²) in [5.41, 5.74) is 4.09. The van der Waals surface area contributed by atoms with Crippen molar-refractivity contribution in [2.24, 2.45) is 0 Å². The van der Waals surface area contributed by atoms with E-state index in [0.717, 1.165) is 18.7 Å². The van der Waals surface area contributed by atoms with Gasteiger partial charge in [-0.3, -0.25) is 4.79 Å². The zero-order chi connectivity index (χ0) is 13.2. The summed E-state index contributed by atoms with van der Waals surface area (Å²) in [6.07, 6.45) is 1.08. The van der Waals surface area contributed by atoms with Crippen LogP contribution in [0.15, 0.2) is 48.5 Å². The second-order valence-corrected chi connectivity index (χ2v) is 4.84. The number of anilines is 2. The summed E-state index contributed by atoms with van der Waals surface area (Å²) in [7, 11) is 2.08. The molecule has 2 aromatic rings. The number of hydrogen-bond donors (Lipinski definition) is 1. The van der Waals surface area contributed by atoms with E-state index >= 15 is 0 Å². The number of benzene rings is 2. The molecule has 0 saturated heterocycles. The monoisotopic (exact) mass is 252 g/mol. The Hall–Kier alpha value is -2.29. The summed E-state index contributed by atoms with van der Waals surface area (Å²) in [5, 5.41) is 2.94. The molecule has 0 spiro atoms. The molecule has 0 bridgehead atoms. The van der Waals surface area contributed by atoms with Crippen molar-refractivity contribution in [3.05, 3.63) is 59.7 Å². The molecule has 19 heavy (non-hydrogen) atoms. The Morgan fingerprint density at radius 1 is 1.16 bits per heavy atom. The zero-order valence-electron chi connectivity index (χ0n) is 10.9. The lowest BCUT2D eigenvalue weighted by molar-refractivity contribution is 0.102. The first-order valence-corrected chi connectivity index (χ1v) is 6.44. The molecule has 3 rings (SSSR count). The number of carbonyl (C=O) groups excluding carboxylic acids is 1. The molecule has 0 saturated carbocycles. The van der Waals surface area contributed by atoms with Crippen molar-refractivity contribution in [1.82, 2.24) is 0 Å². The molecule has 1 heterocycles. The molecule has 0 aliphatic carbocycles. The van der Waals surface area contributed by atoms with Crippen LogP contribution in [0.1, 0.15) is 15.9 Å². The van der Waals surface area contributed by atoms with E-state index in [0.29, 0.717) is 5.56 Å². The highest BCUT2D eigenvalue weighted by Crippen LogP contribution is 2.29. The van der Waals surface area contributed by atoms with Gasteiger partial charge in [0.25, 0.3) is 5.91 Å². The maximum Gasteiger partial charge on any atom is 0.255 e. The third kappa shape index (κ3) is 2.32. The molecule has 2 aromatic carbocycles. The molecule has 1 amide bonds. The molecule has 3 heteroatoms. The summed E-state index contributed by atoms with van der Waals surface area (Å²) in [6, 6.07) is 15.4. The molecule has 0 fully saturated rings. The largest absolute Gasteiger partial charge is 0.374 e. The van der Waals surface area contributed by atoms with Gasteiger partial charge in [-0.2, -0.15) is 0 Å². The van der Waals surface area contributed by atoms with Crippen molar-refractivity contribution >= 4 is 17.3 Å². The number of fused-ring (bicyclic) bond motifs is 1. The summed E-state index contributed by atoms with van der Waals surface area (Å²) in [4.78, 5) is 14.3. The van der Waals surface area contributed by atoms with Crippen LogP contribution in [0.25, 0.3) is 0 Å². The minimum Gasteiger partial charge on any atom is -0.374 e. The standard InChI is InChI=1S/C16H16N2O/c1-18-10-9-12-7-8-14(11-15(12)18)17-16(19)13-5-3-2-4-6-13/h2-8,11H,9-10H2,1H3,(H,17,19). The van der Waals surface area contributed by atoms with Crippen LogP contribution >= 0.6 is 0 Å². The lowest BCUT2D eigenvalue weighted by Gasteiger charge is -2.13. The number of rotatable bonds is 2. The van der Waals surface area contributed by atoms with Crippen LogP contribution in [0.4, 0.5) is 11.4 Å². The Morgan fingerprint density at radius 3 is 2.74 bits per heavy atom. The van der Waals surface area contributed by atoms with Gasteiger partial charge in [-0.1, -0.05) is 24.3 Å². The molecule has 1 N–H and O–H groups in total. The van der Waals surface area contributed by atoms with Crippen LogP contribution < -0.4 is 10.2 Å². The molecule has 3 nitrogen and oxygen atoms in total. The minimum absolute atomic E-state index is 0.0683. The Balaban J connectivity index is 1.81. The first-order valence-electron chi connectivity index (χ1n) is 6.44. The topological polar surface area (TPSA) is 32.3 Å². The van der Waals surface area contributed by atoms with Crippen LogP contribution in [0.3, 0.4) is 0 Å². The van der Waals surface area contributed by atoms with E-state index in [-0.39, 0.29) is 5.91 Å². The highest BCUT2D eigenvalue weighted by Gasteiger charge is 2.16. The van der Waals surface area contributed by atoms with Gasteiger partial charge in [0.15, 0.2) is 0 Å². The molecule has 0 atom stereocenters. The van der Waals surface area contributed by atoms with Gasteiger partial charge >= 0.3 is 0 Å². The number of hydrogen-bond acceptors (Lipinski definition) is 2. The normalized spacial score (nSPS) is 13.2. The Labute approximate surface area is 112 Å². The fourth-order valence-electron chi connectivity index (χ4n) is 2.41. The third-order valence-electron chi connectivity index (χ3n) is 3.51. The summed E-state index contributed by atoms with van der Waals surface area (Å²) in [6.45, 7) is 1.05. The van der Waals surface area contributed by atoms with E-state index in [4.69, 9.17) is 0 Å². The SMILES string of the molecule is CN1CCc2ccc(NC(=O)c3ccccc3)cc21. The van der Waals surface area contributed by atoms with E-state index in [1.165, 1.54) is 11.3 Å². The Morgan fingerprint density at radius 2 is 1.95 bits per heavy atom. The highest BCUT2D eigenvalue weighted by atomic mass is 16.1. The van der Waals surface area contributed by atoms with Crippen molar-refractivity contribution in [2.75, 3.05) is 23.8 Å². The van der Waals surface area contributed by atoms with E-state index in [2.05, 4.69) is 23.3 Å². The van der Waals surface area contributed by atoms with Gasteiger partial charge in [-0.15, -0.1) is 0 Å². The van der Waals surface area contributed by atoms with E-state index in [9.17, 15) is 4.79 Å². The third-order valence-corrected chi connectivity index (χ3v) is 3.51. The fraction of sp³-hybridized carbons (Fsp3) is 0.188. The molecule has 1 aliphatic rings. The zero-order valence-corrected chi connectivity index (χ0v) is 10.9. The van der Waals surface area contributed by atoms with E-state index in [1.54, 1.807) is 0 Å². The number of nitrogens with zero attached hydrogens (tertiary/aromatic N) is 1. The maximum absolute atomic E-state index is 12.1. The van der Waals surface area contributed by atoms with Gasteiger partial charge in [0.05, 0.1) is 0 Å². The van der Waals surface area contributed by atoms with Crippen molar-refractivity contribution in [2.45, 2.75) is 6.42 Å². The van der Waals surface area contributed by atoms with Crippen molar-refractivity contribution in [1.29, 1.82) is 0 Å². The summed E-state index contributed by atoms with van der Waals surface area (Å²) >= 11 is 0. The van der Waals surface area contributed by atoms with Crippen LogP contribution in [0, 0.1) is 0 Å². The van der Waals surface area contributed by atoms with Crippen LogP contribution in [-0.4, -0.2) is 19.5 Å². The quantitative estimate of drug-likeness (QED) is 0.891. The average Bonchev–Trinajstić information content (AvgIpc) is 2.81. The second kappa shape index (κ2) is 4.76. The molecule has 1 aliphatic heterocycles. The lowest BCUT2D eigenvalue weighted by atomic mass is 10.1. The molecule has 0 radical (unpaired) electrons. The number of carbonyl (C=O) groups is 1. The van der Waals surface area contributed by atoms with Gasteiger partial charge < -0.3 is 10.2 Å². The average molecular weight is 252 g/mol. The smallest absolute Gasteiger partial charge is 0.255 e. The highest BCUT2D eigenvalue weighted by molar-refractivity contribution is 6.04. The van der Waals surface area contributed by atoms with Crippen LogP contribution in [0.5, 0.6) is 0 Å². The molecule has 96 valence electrons. The van der Waals surface area contributed by atoms with Crippen molar-refractivity contribution in [3.8, 4) is 0 Å². The van der Waals surface area contributed by atoms with Gasteiger partial charge in [0.1, 0.15) is 0 Å². The molecule has 0 aromatic heterocycles. The first-order chi connectivity index (χ1) is 9.24. The molecular formula is C16H16N2O. The summed E-state index contributed by atoms with van der Waals surface area (Å²) < 4.78 is 0. The van der Waals surface area contributed by atoms with Gasteiger partial charge in [-0.05, 0) is 36.2 Å². The van der Waals surface area contributed by atoms with Crippen LogP contribution in [-0.2, 0) is 6.42 Å². The van der Waals surface area contributed by atoms with Gasteiger partial charge in [0, 0.05) is 30.5 Å². The van der Waals surface area contributed by atoms with Crippen LogP contribution in [0.2, 0.25) is 0 Å². The van der Waals surface area contributed by atoms with Crippen molar-refractivity contribution < 1.29 is 4.79 Å². The van der Waals surface area contributed by atoms with E-state index < -0.39 is 0 Å². The van der Waals surface area contributed by atoms with E-state index in [1.807, 2.05) is 42.5 Å². The lowest BCUT2D eigenvalue weighted by Crippen LogP contribution is -2.14. The maximum atomic E-state index is 12.1.